The molecule has 2 fully saturated rings. The molecule has 2 amide bonds. The molecule has 3 atom stereocenters. The van der Waals surface area contributed by atoms with E-state index in [1.165, 1.54) is 12.1 Å². The van der Waals surface area contributed by atoms with Gasteiger partial charge in [-0.3, -0.25) is 14.5 Å². The highest BCUT2D eigenvalue weighted by Crippen LogP contribution is 2.44. The van der Waals surface area contributed by atoms with Gasteiger partial charge in [-0.05, 0) is 80.6 Å². The summed E-state index contributed by atoms with van der Waals surface area (Å²) in [4.78, 5) is 30.5. The first-order valence-corrected chi connectivity index (χ1v) is 13.3. The number of hydrogen-bond donors (Lipinski definition) is 2. The van der Waals surface area contributed by atoms with E-state index in [4.69, 9.17) is 5.26 Å². The van der Waals surface area contributed by atoms with Crippen LogP contribution in [0.4, 0.5) is 4.39 Å². The average molecular weight is 519 g/mol. The highest BCUT2D eigenvalue weighted by Gasteiger charge is 2.42. The Morgan fingerprint density at radius 2 is 1.87 bits per heavy atom. The molecule has 2 aromatic carbocycles. The van der Waals surface area contributed by atoms with E-state index in [9.17, 15) is 19.1 Å². The van der Waals surface area contributed by atoms with Gasteiger partial charge in [-0.1, -0.05) is 18.2 Å². The van der Waals surface area contributed by atoms with Gasteiger partial charge < -0.3 is 15.3 Å². The van der Waals surface area contributed by atoms with E-state index in [-0.39, 0.29) is 17.6 Å². The van der Waals surface area contributed by atoms with Crippen LogP contribution in [0.1, 0.15) is 59.5 Å². The molecule has 7 nitrogen and oxygen atoms in total. The minimum atomic E-state index is -0.689. The first kappa shape index (κ1) is 27.5. The van der Waals surface area contributed by atoms with Crippen molar-refractivity contribution in [3.05, 3.63) is 83.7 Å². The number of likely N-dealkylation sites (tertiary alicyclic amines) is 1. The maximum Gasteiger partial charge on any atom is 0.251 e. The minimum absolute atomic E-state index is 0.134. The zero-order valence-electron chi connectivity index (χ0n) is 21.6. The number of benzene rings is 2. The lowest BCUT2D eigenvalue weighted by Gasteiger charge is -2.33. The smallest absolute Gasteiger partial charge is 0.251 e. The van der Waals surface area contributed by atoms with Gasteiger partial charge in [0.1, 0.15) is 11.9 Å². The minimum Gasteiger partial charge on any atom is -0.393 e. The summed E-state index contributed by atoms with van der Waals surface area (Å²) in [6.45, 7) is 6.28. The van der Waals surface area contributed by atoms with Crippen LogP contribution in [0, 0.1) is 17.1 Å². The third-order valence-corrected chi connectivity index (χ3v) is 7.48. The average Bonchev–Trinajstić information content (AvgIpc) is 3.73. The van der Waals surface area contributed by atoms with E-state index in [1.807, 2.05) is 24.3 Å². The van der Waals surface area contributed by atoms with Gasteiger partial charge in [0.15, 0.2) is 0 Å². The number of hydrogen-bond acceptors (Lipinski definition) is 5. The van der Waals surface area contributed by atoms with Crippen molar-refractivity contribution in [3.63, 3.8) is 0 Å². The predicted molar refractivity (Wildman–Crippen MR) is 143 cm³/mol. The molecule has 200 valence electrons. The molecular weight excluding hydrogens is 483 g/mol. The van der Waals surface area contributed by atoms with Gasteiger partial charge >= 0.3 is 0 Å². The first-order valence-electron chi connectivity index (χ1n) is 13.3. The Balaban J connectivity index is 1.39. The van der Waals surface area contributed by atoms with Crippen molar-refractivity contribution in [1.29, 1.82) is 5.26 Å². The van der Waals surface area contributed by atoms with Gasteiger partial charge in [0.25, 0.3) is 5.91 Å². The zero-order valence-corrected chi connectivity index (χ0v) is 21.6. The van der Waals surface area contributed by atoms with Crippen LogP contribution in [0.25, 0.3) is 0 Å². The zero-order chi connectivity index (χ0) is 27.1. The van der Waals surface area contributed by atoms with Crippen molar-refractivity contribution in [3.8, 4) is 6.07 Å². The molecule has 1 aliphatic heterocycles. The lowest BCUT2D eigenvalue weighted by molar-refractivity contribution is -0.135. The van der Waals surface area contributed by atoms with Crippen LogP contribution in [0.5, 0.6) is 0 Å². The summed E-state index contributed by atoms with van der Waals surface area (Å²) in [6, 6.07) is 14.7. The van der Waals surface area contributed by atoms with E-state index in [0.29, 0.717) is 68.4 Å². The van der Waals surface area contributed by atoms with Crippen LogP contribution in [0.3, 0.4) is 0 Å². The van der Waals surface area contributed by atoms with Crippen molar-refractivity contribution in [2.75, 3.05) is 26.2 Å². The van der Waals surface area contributed by atoms with E-state index in [1.54, 1.807) is 29.2 Å². The number of carbonyl (C=O) groups excluding carboxylic acids is 2. The third-order valence-electron chi connectivity index (χ3n) is 7.48. The maximum atomic E-state index is 13.4. The Bertz CT molecular complexity index is 1150. The molecule has 1 saturated heterocycles. The summed E-state index contributed by atoms with van der Waals surface area (Å²) < 4.78 is 13.3. The lowest BCUT2D eigenvalue weighted by atomic mass is 10.0. The van der Waals surface area contributed by atoms with Gasteiger partial charge in [-0.15, -0.1) is 6.58 Å². The summed E-state index contributed by atoms with van der Waals surface area (Å²) >= 11 is 0. The number of nitriles is 1. The molecule has 0 aromatic heterocycles. The van der Waals surface area contributed by atoms with Crippen molar-refractivity contribution in [1.82, 2.24) is 15.1 Å². The Labute approximate surface area is 223 Å². The summed E-state index contributed by atoms with van der Waals surface area (Å²) in [6.07, 6.45) is 4.69. The van der Waals surface area contributed by atoms with Gasteiger partial charge in [0.2, 0.25) is 5.91 Å². The Kier molecular flexibility index (Phi) is 9.27. The van der Waals surface area contributed by atoms with E-state index in [2.05, 4.69) is 16.8 Å². The standard InChI is InChI=1S/C30H35FN4O3/c1-2-15-34(28-19-26(28)22-9-11-24(31)12-10-22)16-3-4-27(30(38)35-17-13-25(36)14-18-35)33-29(37)23-7-5-21(20-32)6-8-23/h2,5-12,25-28,36H,1,3-4,13-19H2,(H,33,37)/t26-,27-,28+/m0/s1. The molecule has 0 bridgehead atoms. The summed E-state index contributed by atoms with van der Waals surface area (Å²) in [5, 5.41) is 21.8. The number of amides is 2. The molecular formula is C30H35FN4O3. The summed E-state index contributed by atoms with van der Waals surface area (Å²) in [5.74, 6) is -0.379. The number of halogens is 1. The molecule has 4 rings (SSSR count). The largest absolute Gasteiger partial charge is 0.393 e. The molecule has 8 heteroatoms. The quantitative estimate of drug-likeness (QED) is 0.443. The molecule has 38 heavy (non-hydrogen) atoms. The molecule has 2 aromatic rings. The van der Waals surface area contributed by atoms with E-state index < -0.39 is 12.1 Å². The SMILES string of the molecule is C=CCN(CCC[C@H](NC(=O)c1ccc(C#N)cc1)C(=O)N1CCC(O)CC1)[C@@H]1C[C@H]1c1ccc(F)cc1. The van der Waals surface area contributed by atoms with Gasteiger partial charge in [0, 0.05) is 37.2 Å². The second-order valence-corrected chi connectivity index (χ2v) is 10.2. The second kappa shape index (κ2) is 12.8. The lowest BCUT2D eigenvalue weighted by Crippen LogP contribution is -2.51. The first-order chi connectivity index (χ1) is 18.4. The third kappa shape index (κ3) is 7.06. The van der Waals surface area contributed by atoms with Crippen molar-refractivity contribution in [2.24, 2.45) is 0 Å². The Morgan fingerprint density at radius 1 is 1.18 bits per heavy atom. The number of aliphatic hydroxyl groups is 1. The van der Waals surface area contributed by atoms with Crippen LogP contribution >= 0.6 is 0 Å². The van der Waals surface area contributed by atoms with E-state index >= 15 is 0 Å². The molecule has 0 radical (unpaired) electrons. The molecule has 0 spiro atoms. The molecule has 0 unspecified atom stereocenters. The monoisotopic (exact) mass is 518 g/mol. The summed E-state index contributed by atoms with van der Waals surface area (Å²) in [5.41, 5.74) is 1.98. The van der Waals surface area contributed by atoms with E-state index in [0.717, 1.165) is 18.5 Å². The molecule has 2 N–H and O–H groups in total. The number of piperidine rings is 1. The summed E-state index contributed by atoms with van der Waals surface area (Å²) in [7, 11) is 0. The van der Waals surface area contributed by atoms with Crippen molar-refractivity contribution in [2.45, 2.75) is 56.2 Å². The number of aliphatic hydroxyl groups excluding tert-OH is 1. The maximum absolute atomic E-state index is 13.4. The molecule has 1 saturated carbocycles. The Morgan fingerprint density at radius 3 is 2.50 bits per heavy atom. The molecule has 1 aliphatic carbocycles. The number of nitrogens with zero attached hydrogens (tertiary/aromatic N) is 3. The highest BCUT2D eigenvalue weighted by atomic mass is 19.1. The molecule has 1 heterocycles. The number of carbonyl (C=O) groups is 2. The fraction of sp³-hybridized carbons (Fsp3) is 0.433. The Hall–Kier alpha value is -3.54. The van der Waals surface area contributed by atoms with Crippen LogP contribution in [0.15, 0.2) is 61.2 Å². The van der Waals surface area contributed by atoms with Gasteiger partial charge in [-0.2, -0.15) is 5.26 Å². The highest BCUT2D eigenvalue weighted by molar-refractivity contribution is 5.97. The van der Waals surface area contributed by atoms with Crippen LogP contribution in [-0.2, 0) is 4.79 Å². The normalized spacial score (nSPS) is 20.0. The van der Waals surface area contributed by atoms with Crippen LogP contribution in [0.2, 0.25) is 0 Å². The topological polar surface area (TPSA) is 96.7 Å². The molecule has 2 aliphatic rings. The van der Waals surface area contributed by atoms with Gasteiger partial charge in [-0.25, -0.2) is 4.39 Å². The van der Waals surface area contributed by atoms with Crippen LogP contribution < -0.4 is 5.32 Å². The van der Waals surface area contributed by atoms with Crippen molar-refractivity contribution < 1.29 is 19.1 Å². The second-order valence-electron chi connectivity index (χ2n) is 10.2. The fourth-order valence-corrected chi connectivity index (χ4v) is 5.21. The number of nitrogens with one attached hydrogen (secondary N) is 1. The fourth-order valence-electron chi connectivity index (χ4n) is 5.21. The van der Waals surface area contributed by atoms with Crippen LogP contribution in [-0.4, -0.2) is 71.1 Å². The van der Waals surface area contributed by atoms with Gasteiger partial charge in [0.05, 0.1) is 17.7 Å². The van der Waals surface area contributed by atoms with Crippen molar-refractivity contribution >= 4 is 11.8 Å². The predicted octanol–water partition coefficient (Wildman–Crippen LogP) is 3.60. The number of rotatable bonds is 11.